The Morgan fingerprint density at radius 2 is 2.00 bits per heavy atom. The molecule has 1 heterocycles. The molecule has 0 N–H and O–H groups in total. The lowest BCUT2D eigenvalue weighted by molar-refractivity contribution is -0.286. The number of fused-ring (bicyclic) bond motifs is 1. The van der Waals surface area contributed by atoms with Gasteiger partial charge in [-0.1, -0.05) is 12.1 Å². The average molecular weight is 171 g/mol. The van der Waals surface area contributed by atoms with Crippen molar-refractivity contribution >= 4 is 0 Å². The van der Waals surface area contributed by atoms with Crippen LogP contribution in [0.15, 0.2) is 18.2 Å². The fourth-order valence-corrected chi connectivity index (χ4v) is 1.03. The first-order valence-corrected chi connectivity index (χ1v) is 3.29. The van der Waals surface area contributed by atoms with E-state index in [9.17, 15) is 8.78 Å². The zero-order valence-electron chi connectivity index (χ0n) is 6.01. The molecule has 2 rings (SSSR count). The summed E-state index contributed by atoms with van der Waals surface area (Å²) in [4.78, 5) is 0. The summed E-state index contributed by atoms with van der Waals surface area (Å²) in [6, 6.07) is 4.56. The van der Waals surface area contributed by atoms with Gasteiger partial charge in [-0.25, -0.2) is 0 Å². The molecule has 12 heavy (non-hydrogen) atoms. The SMILES string of the molecule is [CH2]c1cccc2c1OC(F)(F)O2. The van der Waals surface area contributed by atoms with E-state index >= 15 is 0 Å². The molecule has 4 heteroatoms. The summed E-state index contributed by atoms with van der Waals surface area (Å²) in [6.07, 6.45) is -3.55. The van der Waals surface area contributed by atoms with Gasteiger partial charge in [0.1, 0.15) is 0 Å². The average Bonchev–Trinajstić information content (AvgIpc) is 2.25. The van der Waals surface area contributed by atoms with Crippen LogP contribution in [-0.4, -0.2) is 6.29 Å². The lowest BCUT2D eigenvalue weighted by Gasteiger charge is -2.04. The summed E-state index contributed by atoms with van der Waals surface area (Å²) >= 11 is 0. The van der Waals surface area contributed by atoms with Crippen LogP contribution in [0.25, 0.3) is 0 Å². The molecule has 0 saturated carbocycles. The Balaban J connectivity index is 2.48. The van der Waals surface area contributed by atoms with Crippen molar-refractivity contribution in [3.63, 3.8) is 0 Å². The number of hydrogen-bond acceptors (Lipinski definition) is 2. The van der Waals surface area contributed by atoms with Crippen molar-refractivity contribution in [3.05, 3.63) is 30.7 Å². The van der Waals surface area contributed by atoms with Crippen LogP contribution in [0.1, 0.15) is 5.56 Å². The quantitative estimate of drug-likeness (QED) is 0.595. The Bertz CT molecular complexity index is 323. The highest BCUT2D eigenvalue weighted by atomic mass is 19.3. The lowest BCUT2D eigenvalue weighted by atomic mass is 10.2. The molecular formula is C8H5F2O2. The maximum absolute atomic E-state index is 12.4. The molecule has 63 valence electrons. The van der Waals surface area contributed by atoms with Crippen molar-refractivity contribution in [2.24, 2.45) is 0 Å². The second kappa shape index (κ2) is 2.09. The lowest BCUT2D eigenvalue weighted by Crippen LogP contribution is -2.26. The van der Waals surface area contributed by atoms with Crippen molar-refractivity contribution in [2.75, 3.05) is 0 Å². The van der Waals surface area contributed by atoms with Gasteiger partial charge >= 0.3 is 6.29 Å². The molecule has 1 radical (unpaired) electrons. The van der Waals surface area contributed by atoms with Crippen LogP contribution in [0.3, 0.4) is 0 Å². The zero-order valence-corrected chi connectivity index (χ0v) is 6.01. The van der Waals surface area contributed by atoms with Crippen LogP contribution >= 0.6 is 0 Å². The molecule has 0 aromatic heterocycles. The van der Waals surface area contributed by atoms with Crippen LogP contribution in [0.4, 0.5) is 8.78 Å². The molecule has 0 amide bonds. The first kappa shape index (κ1) is 7.34. The van der Waals surface area contributed by atoms with Crippen molar-refractivity contribution < 1.29 is 18.3 Å². The second-order valence-corrected chi connectivity index (χ2v) is 2.41. The van der Waals surface area contributed by atoms with Crippen molar-refractivity contribution in [1.29, 1.82) is 0 Å². The van der Waals surface area contributed by atoms with Crippen LogP contribution < -0.4 is 9.47 Å². The number of para-hydroxylation sites is 1. The van der Waals surface area contributed by atoms with E-state index in [1.54, 1.807) is 12.1 Å². The first-order valence-electron chi connectivity index (χ1n) is 3.29. The third kappa shape index (κ3) is 0.995. The summed E-state index contributed by atoms with van der Waals surface area (Å²) in [5.41, 5.74) is 0.393. The molecular weight excluding hydrogens is 166 g/mol. The highest BCUT2D eigenvalue weighted by Crippen LogP contribution is 2.42. The number of ether oxygens (including phenoxy) is 2. The minimum Gasteiger partial charge on any atom is -0.395 e. The first-order chi connectivity index (χ1) is 5.58. The van der Waals surface area contributed by atoms with Crippen molar-refractivity contribution in [2.45, 2.75) is 6.29 Å². The largest absolute Gasteiger partial charge is 0.586 e. The molecule has 0 unspecified atom stereocenters. The second-order valence-electron chi connectivity index (χ2n) is 2.41. The zero-order chi connectivity index (χ0) is 8.77. The minimum absolute atomic E-state index is 0.0162. The summed E-state index contributed by atoms with van der Waals surface area (Å²) in [5.74, 6) is 0.0509. The van der Waals surface area contributed by atoms with Crippen LogP contribution in [-0.2, 0) is 0 Å². The van der Waals surface area contributed by atoms with E-state index in [0.717, 1.165) is 0 Å². The number of hydrogen-bond donors (Lipinski definition) is 0. The van der Waals surface area contributed by atoms with Crippen molar-refractivity contribution in [1.82, 2.24) is 0 Å². The summed E-state index contributed by atoms with van der Waals surface area (Å²) in [7, 11) is 0. The predicted octanol–water partition coefficient (Wildman–Crippen LogP) is 2.19. The molecule has 1 aromatic carbocycles. The molecule has 0 bridgehead atoms. The summed E-state index contributed by atoms with van der Waals surface area (Å²) in [5, 5.41) is 0. The van der Waals surface area contributed by atoms with Crippen LogP contribution in [0, 0.1) is 6.92 Å². The third-order valence-electron chi connectivity index (χ3n) is 1.51. The highest BCUT2D eigenvalue weighted by Gasteiger charge is 2.43. The van der Waals surface area contributed by atoms with Crippen LogP contribution in [0.5, 0.6) is 11.5 Å². The number of benzene rings is 1. The Hall–Kier alpha value is -1.32. The Kier molecular flexibility index (Phi) is 1.28. The summed E-state index contributed by atoms with van der Waals surface area (Å²) < 4.78 is 33.3. The third-order valence-corrected chi connectivity index (χ3v) is 1.51. The van der Waals surface area contributed by atoms with Gasteiger partial charge in [-0.05, 0) is 18.6 Å². The molecule has 1 aliphatic rings. The van der Waals surface area contributed by atoms with Gasteiger partial charge < -0.3 is 9.47 Å². The predicted molar refractivity (Wildman–Crippen MR) is 37.1 cm³/mol. The molecule has 0 fully saturated rings. The van der Waals surface area contributed by atoms with Gasteiger partial charge in [0.25, 0.3) is 0 Å². The number of halogens is 2. The number of rotatable bonds is 0. The fraction of sp³-hybridized carbons (Fsp3) is 0.125. The van der Waals surface area contributed by atoms with Gasteiger partial charge in [0.15, 0.2) is 11.5 Å². The molecule has 2 nitrogen and oxygen atoms in total. The van der Waals surface area contributed by atoms with Gasteiger partial charge in [-0.15, -0.1) is 8.78 Å². The maximum Gasteiger partial charge on any atom is 0.586 e. The van der Waals surface area contributed by atoms with Gasteiger partial charge in [0.05, 0.1) is 0 Å². The molecule has 1 aliphatic heterocycles. The van der Waals surface area contributed by atoms with E-state index in [-0.39, 0.29) is 11.5 Å². The van der Waals surface area contributed by atoms with Gasteiger partial charge in [-0.3, -0.25) is 0 Å². The van der Waals surface area contributed by atoms with Gasteiger partial charge in [0, 0.05) is 0 Å². The smallest absolute Gasteiger partial charge is 0.395 e. The molecule has 0 atom stereocenters. The monoisotopic (exact) mass is 171 g/mol. The Morgan fingerprint density at radius 1 is 1.25 bits per heavy atom. The minimum atomic E-state index is -3.55. The van der Waals surface area contributed by atoms with E-state index in [0.29, 0.717) is 5.56 Å². The van der Waals surface area contributed by atoms with Gasteiger partial charge in [-0.2, -0.15) is 0 Å². The van der Waals surface area contributed by atoms with E-state index < -0.39 is 6.29 Å². The van der Waals surface area contributed by atoms with E-state index in [2.05, 4.69) is 16.4 Å². The molecule has 0 saturated heterocycles. The van der Waals surface area contributed by atoms with E-state index in [1.165, 1.54) is 6.07 Å². The molecule has 0 aliphatic carbocycles. The van der Waals surface area contributed by atoms with E-state index in [4.69, 9.17) is 0 Å². The Morgan fingerprint density at radius 3 is 2.67 bits per heavy atom. The number of alkyl halides is 2. The normalized spacial score (nSPS) is 17.9. The molecule has 0 spiro atoms. The fourth-order valence-electron chi connectivity index (χ4n) is 1.03. The molecule has 1 aromatic rings. The maximum atomic E-state index is 12.4. The topological polar surface area (TPSA) is 18.5 Å². The van der Waals surface area contributed by atoms with E-state index in [1.807, 2.05) is 0 Å². The van der Waals surface area contributed by atoms with Gasteiger partial charge in [0.2, 0.25) is 0 Å². The van der Waals surface area contributed by atoms with Crippen LogP contribution in [0.2, 0.25) is 0 Å². The summed E-state index contributed by atoms with van der Waals surface area (Å²) in [6.45, 7) is 3.52. The Labute approximate surface area is 67.7 Å². The van der Waals surface area contributed by atoms with Crippen molar-refractivity contribution in [3.8, 4) is 11.5 Å². The standard InChI is InChI=1S/C8H5F2O2/c1-5-3-2-4-6-7(5)12-8(9,10)11-6/h2-4H,1H2. The highest BCUT2D eigenvalue weighted by molar-refractivity contribution is 5.49.